The minimum atomic E-state index is -0.743. The molecule has 0 spiro atoms. The zero-order valence-corrected chi connectivity index (χ0v) is 17.3. The van der Waals surface area contributed by atoms with Crippen LogP contribution in [-0.2, 0) is 16.1 Å². The zero-order valence-electron chi connectivity index (χ0n) is 17.3. The number of hydrogen-bond donors (Lipinski definition) is 1. The average Bonchev–Trinajstić information content (AvgIpc) is 3.04. The molecule has 1 heterocycles. The molecule has 1 N–H and O–H groups in total. The first-order valence-corrected chi connectivity index (χ1v) is 10.2. The number of amides is 1. The third-order valence-electron chi connectivity index (χ3n) is 5.61. The van der Waals surface area contributed by atoms with E-state index in [0.717, 1.165) is 17.4 Å². The molecule has 1 aromatic carbocycles. The Bertz CT molecular complexity index is 844. The summed E-state index contributed by atoms with van der Waals surface area (Å²) in [5.74, 6) is -0.193. The number of nitrogens with zero attached hydrogens (tertiary/aromatic N) is 2. The fourth-order valence-electron chi connectivity index (χ4n) is 3.99. The number of aromatic nitrogens is 2. The van der Waals surface area contributed by atoms with Gasteiger partial charge in [0.2, 0.25) is 0 Å². The summed E-state index contributed by atoms with van der Waals surface area (Å²) in [6, 6.07) is 7.05. The van der Waals surface area contributed by atoms with E-state index < -0.39 is 17.4 Å². The van der Waals surface area contributed by atoms with Crippen molar-refractivity contribution in [3.8, 4) is 0 Å². The van der Waals surface area contributed by atoms with Gasteiger partial charge in [0.05, 0.1) is 12.6 Å². The first kappa shape index (κ1) is 20.4. The van der Waals surface area contributed by atoms with Gasteiger partial charge in [-0.2, -0.15) is 5.10 Å². The smallest absolute Gasteiger partial charge is 0.328 e. The molecule has 1 amide bonds. The van der Waals surface area contributed by atoms with Gasteiger partial charge in [0, 0.05) is 11.9 Å². The number of carbonyl (C=O) groups excluding carboxylic acids is 2. The van der Waals surface area contributed by atoms with Crippen LogP contribution >= 0.6 is 0 Å². The van der Waals surface area contributed by atoms with Gasteiger partial charge in [-0.1, -0.05) is 58.2 Å². The van der Waals surface area contributed by atoms with Gasteiger partial charge in [-0.3, -0.25) is 9.48 Å². The first-order chi connectivity index (χ1) is 13.3. The van der Waals surface area contributed by atoms with Gasteiger partial charge in [0.15, 0.2) is 5.69 Å². The van der Waals surface area contributed by atoms with Crippen molar-refractivity contribution in [3.63, 3.8) is 0 Å². The SMILES string of the molecule is COC(=O)C(NC(=O)c1nn(CC2CCCCC2)c2ccccc12)C(C)(C)C. The molecule has 0 aliphatic heterocycles. The highest BCUT2D eigenvalue weighted by Gasteiger charge is 2.35. The van der Waals surface area contributed by atoms with Crippen LogP contribution in [0.3, 0.4) is 0 Å². The van der Waals surface area contributed by atoms with Crippen LogP contribution in [0.25, 0.3) is 10.9 Å². The Balaban J connectivity index is 1.89. The van der Waals surface area contributed by atoms with E-state index in [0.29, 0.717) is 11.6 Å². The normalized spacial score (nSPS) is 16.7. The molecule has 28 heavy (non-hydrogen) atoms. The molecule has 1 fully saturated rings. The Morgan fingerprint density at radius 2 is 1.89 bits per heavy atom. The van der Waals surface area contributed by atoms with E-state index in [1.165, 1.54) is 39.2 Å². The second-order valence-corrected chi connectivity index (χ2v) is 8.85. The minimum absolute atomic E-state index is 0.344. The summed E-state index contributed by atoms with van der Waals surface area (Å²) in [7, 11) is 1.33. The second-order valence-electron chi connectivity index (χ2n) is 8.85. The Morgan fingerprint density at radius 3 is 2.54 bits per heavy atom. The summed E-state index contributed by atoms with van der Waals surface area (Å²) in [6.07, 6.45) is 6.27. The Labute approximate surface area is 166 Å². The molecule has 3 rings (SSSR count). The number of methoxy groups -OCH3 is 1. The molecule has 6 nitrogen and oxygen atoms in total. The van der Waals surface area contributed by atoms with E-state index in [4.69, 9.17) is 4.74 Å². The number of hydrogen-bond acceptors (Lipinski definition) is 4. The molecular weight excluding hydrogens is 354 g/mol. The van der Waals surface area contributed by atoms with Crippen molar-refractivity contribution < 1.29 is 14.3 Å². The van der Waals surface area contributed by atoms with Crippen LogP contribution in [0.15, 0.2) is 24.3 Å². The number of carbonyl (C=O) groups is 2. The van der Waals surface area contributed by atoms with Gasteiger partial charge < -0.3 is 10.1 Å². The van der Waals surface area contributed by atoms with Crippen LogP contribution in [0.2, 0.25) is 0 Å². The Kier molecular flexibility index (Phi) is 6.06. The largest absolute Gasteiger partial charge is 0.467 e. The van der Waals surface area contributed by atoms with Gasteiger partial charge in [0.1, 0.15) is 6.04 Å². The molecule has 1 atom stereocenters. The van der Waals surface area contributed by atoms with Crippen LogP contribution in [0.4, 0.5) is 0 Å². The van der Waals surface area contributed by atoms with Gasteiger partial charge in [0.25, 0.3) is 5.91 Å². The van der Waals surface area contributed by atoms with E-state index >= 15 is 0 Å². The average molecular weight is 386 g/mol. The lowest BCUT2D eigenvalue weighted by molar-refractivity contribution is -0.145. The topological polar surface area (TPSA) is 73.2 Å². The van der Waals surface area contributed by atoms with Gasteiger partial charge >= 0.3 is 5.97 Å². The summed E-state index contributed by atoms with van der Waals surface area (Å²) < 4.78 is 6.85. The molecule has 1 aliphatic carbocycles. The summed E-state index contributed by atoms with van der Waals surface area (Å²) in [5.41, 5.74) is 0.858. The maximum Gasteiger partial charge on any atom is 0.328 e. The number of para-hydroxylation sites is 1. The molecule has 0 saturated heterocycles. The van der Waals surface area contributed by atoms with Crippen molar-refractivity contribution in [2.45, 2.75) is 65.5 Å². The van der Waals surface area contributed by atoms with Crippen molar-refractivity contribution in [2.75, 3.05) is 7.11 Å². The van der Waals surface area contributed by atoms with E-state index in [9.17, 15) is 9.59 Å². The van der Waals surface area contributed by atoms with E-state index in [1.807, 2.05) is 49.7 Å². The zero-order chi connectivity index (χ0) is 20.3. The summed E-state index contributed by atoms with van der Waals surface area (Å²) in [5, 5.41) is 8.31. The van der Waals surface area contributed by atoms with Crippen molar-refractivity contribution in [2.24, 2.45) is 11.3 Å². The molecule has 0 bridgehead atoms. The van der Waals surface area contributed by atoms with Gasteiger partial charge in [-0.05, 0) is 30.2 Å². The third kappa shape index (κ3) is 4.37. The van der Waals surface area contributed by atoms with Crippen molar-refractivity contribution >= 4 is 22.8 Å². The molecule has 1 aromatic heterocycles. The molecule has 0 radical (unpaired) electrons. The van der Waals surface area contributed by atoms with E-state index in [2.05, 4.69) is 10.4 Å². The quantitative estimate of drug-likeness (QED) is 0.792. The third-order valence-corrected chi connectivity index (χ3v) is 5.61. The Hall–Kier alpha value is -2.37. The molecule has 1 unspecified atom stereocenters. The summed E-state index contributed by atoms with van der Waals surface area (Å²) in [6.45, 7) is 6.52. The highest BCUT2D eigenvalue weighted by atomic mass is 16.5. The Morgan fingerprint density at radius 1 is 1.21 bits per heavy atom. The highest BCUT2D eigenvalue weighted by Crippen LogP contribution is 2.28. The summed E-state index contributed by atoms with van der Waals surface area (Å²) in [4.78, 5) is 25.2. The van der Waals surface area contributed by atoms with E-state index in [1.54, 1.807) is 0 Å². The summed E-state index contributed by atoms with van der Waals surface area (Å²) >= 11 is 0. The number of esters is 1. The number of benzene rings is 1. The van der Waals surface area contributed by atoms with Crippen LogP contribution in [-0.4, -0.2) is 34.8 Å². The fourth-order valence-corrected chi connectivity index (χ4v) is 3.99. The van der Waals surface area contributed by atoms with Gasteiger partial charge in [-0.15, -0.1) is 0 Å². The molecular formula is C22H31N3O3. The fraction of sp³-hybridized carbons (Fsp3) is 0.591. The molecule has 6 heteroatoms. The van der Waals surface area contributed by atoms with Crippen LogP contribution in [0.5, 0.6) is 0 Å². The monoisotopic (exact) mass is 385 g/mol. The van der Waals surface area contributed by atoms with Gasteiger partial charge in [-0.25, -0.2) is 4.79 Å². The van der Waals surface area contributed by atoms with Crippen molar-refractivity contribution in [1.82, 2.24) is 15.1 Å². The van der Waals surface area contributed by atoms with Crippen molar-refractivity contribution in [3.05, 3.63) is 30.0 Å². The number of fused-ring (bicyclic) bond motifs is 1. The molecule has 1 aliphatic rings. The minimum Gasteiger partial charge on any atom is -0.467 e. The molecule has 1 saturated carbocycles. The van der Waals surface area contributed by atoms with Crippen LogP contribution < -0.4 is 5.32 Å². The number of rotatable bonds is 5. The highest BCUT2D eigenvalue weighted by molar-refractivity contribution is 6.06. The lowest BCUT2D eigenvalue weighted by Gasteiger charge is -2.28. The van der Waals surface area contributed by atoms with E-state index in [-0.39, 0.29) is 5.91 Å². The predicted octanol–water partition coefficient (Wildman–Crippen LogP) is 3.93. The lowest BCUT2D eigenvalue weighted by atomic mass is 9.86. The number of ether oxygens (including phenoxy) is 1. The maximum absolute atomic E-state index is 13.0. The molecule has 152 valence electrons. The van der Waals surface area contributed by atoms with Crippen LogP contribution in [0.1, 0.15) is 63.4 Å². The van der Waals surface area contributed by atoms with Crippen molar-refractivity contribution in [1.29, 1.82) is 0 Å². The van der Waals surface area contributed by atoms with Crippen LogP contribution in [0, 0.1) is 11.3 Å². The maximum atomic E-state index is 13.0. The number of nitrogens with one attached hydrogen (secondary N) is 1. The first-order valence-electron chi connectivity index (χ1n) is 10.2. The second kappa shape index (κ2) is 8.33. The predicted molar refractivity (Wildman–Crippen MR) is 109 cm³/mol. The molecule has 2 aromatic rings. The standard InChI is InChI=1S/C22H31N3O3/c1-22(2,3)19(21(27)28-4)23-20(26)18-16-12-8-9-13-17(16)25(24-18)14-15-10-6-5-7-11-15/h8-9,12-13,15,19H,5-7,10-11,14H2,1-4H3,(H,23,26). The lowest BCUT2D eigenvalue weighted by Crippen LogP contribution is -2.49.